The van der Waals surface area contributed by atoms with Crippen molar-refractivity contribution in [3.05, 3.63) is 29.6 Å². The maximum absolute atomic E-state index is 13.9. The normalized spacial score (nSPS) is 21.8. The molecule has 4 nitrogen and oxygen atoms in total. The van der Waals surface area contributed by atoms with Gasteiger partial charge in [0, 0.05) is 16.9 Å². The molecule has 114 valence electrons. The van der Waals surface area contributed by atoms with Crippen LogP contribution in [0.25, 0.3) is 0 Å². The van der Waals surface area contributed by atoms with Crippen molar-refractivity contribution in [3.63, 3.8) is 0 Å². The zero-order valence-corrected chi connectivity index (χ0v) is 12.7. The van der Waals surface area contributed by atoms with E-state index in [1.165, 1.54) is 17.8 Å². The molecule has 1 aliphatic carbocycles. The van der Waals surface area contributed by atoms with E-state index in [4.69, 9.17) is 5.73 Å². The Morgan fingerprint density at radius 2 is 2.14 bits per heavy atom. The topological polar surface area (TPSA) is 72.2 Å². The van der Waals surface area contributed by atoms with Gasteiger partial charge in [-0.3, -0.25) is 9.59 Å². The van der Waals surface area contributed by atoms with Crippen LogP contribution in [-0.2, 0) is 4.79 Å². The molecule has 1 saturated carbocycles. The first-order chi connectivity index (χ1) is 10.0. The molecule has 2 rings (SSSR count). The Labute approximate surface area is 127 Å². The van der Waals surface area contributed by atoms with Gasteiger partial charge in [0.15, 0.2) is 0 Å². The third-order valence-corrected chi connectivity index (χ3v) is 4.61. The van der Waals surface area contributed by atoms with E-state index in [1.807, 2.05) is 0 Å². The summed E-state index contributed by atoms with van der Waals surface area (Å²) in [5.74, 6) is -1.48. The predicted molar refractivity (Wildman–Crippen MR) is 80.6 cm³/mol. The summed E-state index contributed by atoms with van der Waals surface area (Å²) in [5.41, 5.74) is 5.40. The number of primary amides is 1. The lowest BCUT2D eigenvalue weighted by Gasteiger charge is -2.28. The predicted octanol–water partition coefficient (Wildman–Crippen LogP) is 2.32. The van der Waals surface area contributed by atoms with E-state index in [-0.39, 0.29) is 23.4 Å². The highest BCUT2D eigenvalue weighted by Gasteiger charge is 2.28. The highest BCUT2D eigenvalue weighted by molar-refractivity contribution is 7.98. The van der Waals surface area contributed by atoms with Gasteiger partial charge in [-0.1, -0.05) is 12.5 Å². The molecule has 2 unspecified atom stereocenters. The standard InChI is InChI=1S/C15H19FN2O2S/c1-21-12-7-3-6-11(16)13(12)15(20)18-10-5-2-4-9(8-10)14(17)19/h3,6-7,9-10H,2,4-5,8H2,1H3,(H2,17,19)(H,18,20). The molecule has 2 amide bonds. The SMILES string of the molecule is CSc1cccc(F)c1C(=O)NC1CCCC(C(N)=O)C1. The average molecular weight is 310 g/mol. The highest BCUT2D eigenvalue weighted by Crippen LogP contribution is 2.26. The molecule has 0 heterocycles. The lowest BCUT2D eigenvalue weighted by atomic mass is 9.85. The van der Waals surface area contributed by atoms with Crippen LogP contribution in [0.1, 0.15) is 36.0 Å². The van der Waals surface area contributed by atoms with E-state index in [0.717, 1.165) is 19.3 Å². The van der Waals surface area contributed by atoms with Crippen molar-refractivity contribution >= 4 is 23.6 Å². The highest BCUT2D eigenvalue weighted by atomic mass is 32.2. The van der Waals surface area contributed by atoms with Crippen molar-refractivity contribution in [3.8, 4) is 0 Å². The van der Waals surface area contributed by atoms with E-state index in [1.54, 1.807) is 18.4 Å². The first-order valence-electron chi connectivity index (χ1n) is 6.95. The fourth-order valence-electron chi connectivity index (χ4n) is 2.73. The van der Waals surface area contributed by atoms with Crippen LogP contribution in [-0.4, -0.2) is 24.1 Å². The molecule has 0 spiro atoms. The number of nitrogens with one attached hydrogen (secondary N) is 1. The molecule has 1 aliphatic rings. The summed E-state index contributed by atoms with van der Waals surface area (Å²) in [5, 5.41) is 2.84. The van der Waals surface area contributed by atoms with Gasteiger partial charge in [0.1, 0.15) is 5.82 Å². The fourth-order valence-corrected chi connectivity index (χ4v) is 3.34. The smallest absolute Gasteiger partial charge is 0.255 e. The molecule has 0 aromatic heterocycles. The molecule has 0 bridgehead atoms. The Hall–Kier alpha value is -1.56. The van der Waals surface area contributed by atoms with Crippen molar-refractivity contribution in [2.75, 3.05) is 6.26 Å². The molecule has 0 saturated heterocycles. The summed E-state index contributed by atoms with van der Waals surface area (Å²) < 4.78 is 13.9. The van der Waals surface area contributed by atoms with Gasteiger partial charge in [0.25, 0.3) is 5.91 Å². The monoisotopic (exact) mass is 310 g/mol. The van der Waals surface area contributed by atoms with Crippen LogP contribution in [0.3, 0.4) is 0 Å². The minimum Gasteiger partial charge on any atom is -0.369 e. The number of carbonyl (C=O) groups excluding carboxylic acids is 2. The zero-order valence-electron chi connectivity index (χ0n) is 11.9. The Bertz CT molecular complexity index is 550. The molecule has 21 heavy (non-hydrogen) atoms. The van der Waals surface area contributed by atoms with E-state index in [2.05, 4.69) is 5.32 Å². The molecule has 6 heteroatoms. The van der Waals surface area contributed by atoms with Crippen LogP contribution in [0.5, 0.6) is 0 Å². The fraction of sp³-hybridized carbons (Fsp3) is 0.467. The number of carbonyl (C=O) groups is 2. The average Bonchev–Trinajstić information content (AvgIpc) is 2.46. The van der Waals surface area contributed by atoms with E-state index >= 15 is 0 Å². The second kappa shape index (κ2) is 6.93. The molecule has 0 radical (unpaired) electrons. The molecule has 2 atom stereocenters. The van der Waals surface area contributed by atoms with Gasteiger partial charge in [-0.2, -0.15) is 0 Å². The van der Waals surface area contributed by atoms with E-state index in [9.17, 15) is 14.0 Å². The largest absolute Gasteiger partial charge is 0.369 e. The maximum atomic E-state index is 13.9. The van der Waals surface area contributed by atoms with E-state index < -0.39 is 11.7 Å². The van der Waals surface area contributed by atoms with Crippen molar-refractivity contribution in [2.24, 2.45) is 11.7 Å². The van der Waals surface area contributed by atoms with Crippen LogP contribution < -0.4 is 11.1 Å². The number of thioether (sulfide) groups is 1. The lowest BCUT2D eigenvalue weighted by molar-refractivity contribution is -0.122. The first-order valence-corrected chi connectivity index (χ1v) is 8.18. The van der Waals surface area contributed by atoms with Gasteiger partial charge in [-0.15, -0.1) is 11.8 Å². The zero-order chi connectivity index (χ0) is 15.4. The summed E-state index contributed by atoms with van der Waals surface area (Å²) in [4.78, 5) is 24.2. The second-order valence-corrected chi connectivity index (χ2v) is 6.10. The number of amides is 2. The van der Waals surface area contributed by atoms with Crippen molar-refractivity contribution in [2.45, 2.75) is 36.6 Å². The summed E-state index contributed by atoms with van der Waals surface area (Å²) in [7, 11) is 0. The minimum atomic E-state index is -0.526. The molecule has 0 aliphatic heterocycles. The number of benzene rings is 1. The van der Waals surface area contributed by atoms with Gasteiger partial charge >= 0.3 is 0 Å². The Morgan fingerprint density at radius 1 is 1.38 bits per heavy atom. The summed E-state index contributed by atoms with van der Waals surface area (Å²) >= 11 is 1.33. The first kappa shape index (κ1) is 15.8. The Morgan fingerprint density at radius 3 is 2.81 bits per heavy atom. The van der Waals surface area contributed by atoms with Crippen LogP contribution in [0.4, 0.5) is 4.39 Å². The van der Waals surface area contributed by atoms with Gasteiger partial charge < -0.3 is 11.1 Å². The minimum absolute atomic E-state index is 0.0752. The number of halogens is 1. The van der Waals surface area contributed by atoms with Crippen LogP contribution >= 0.6 is 11.8 Å². The van der Waals surface area contributed by atoms with Gasteiger partial charge in [-0.05, 0) is 37.7 Å². The quantitative estimate of drug-likeness (QED) is 0.838. The summed E-state index contributed by atoms with van der Waals surface area (Å²) in [6.45, 7) is 0. The molecule has 1 aromatic rings. The number of rotatable bonds is 4. The second-order valence-electron chi connectivity index (χ2n) is 5.25. The summed E-state index contributed by atoms with van der Waals surface area (Å²) in [6.07, 6.45) is 4.72. The van der Waals surface area contributed by atoms with Gasteiger partial charge in [0.2, 0.25) is 5.91 Å². The van der Waals surface area contributed by atoms with E-state index in [0.29, 0.717) is 11.3 Å². The third kappa shape index (κ3) is 3.75. The molecule has 1 fully saturated rings. The van der Waals surface area contributed by atoms with Gasteiger partial charge in [-0.25, -0.2) is 4.39 Å². The number of hydrogen-bond acceptors (Lipinski definition) is 3. The van der Waals surface area contributed by atoms with Crippen LogP contribution in [0.2, 0.25) is 0 Å². The van der Waals surface area contributed by atoms with Crippen LogP contribution in [0.15, 0.2) is 23.1 Å². The Kier molecular flexibility index (Phi) is 5.22. The van der Waals surface area contributed by atoms with Gasteiger partial charge in [0.05, 0.1) is 5.56 Å². The Balaban J connectivity index is 2.10. The van der Waals surface area contributed by atoms with Crippen LogP contribution in [0, 0.1) is 11.7 Å². The molecule has 3 N–H and O–H groups in total. The molecular weight excluding hydrogens is 291 g/mol. The van der Waals surface area contributed by atoms with Crippen molar-refractivity contribution in [1.29, 1.82) is 0 Å². The maximum Gasteiger partial charge on any atom is 0.255 e. The summed E-state index contributed by atoms with van der Waals surface area (Å²) in [6, 6.07) is 4.46. The number of nitrogens with two attached hydrogens (primary N) is 1. The third-order valence-electron chi connectivity index (χ3n) is 3.83. The van der Waals surface area contributed by atoms with Crippen molar-refractivity contribution < 1.29 is 14.0 Å². The van der Waals surface area contributed by atoms with Crippen molar-refractivity contribution in [1.82, 2.24) is 5.32 Å². The molecule has 1 aromatic carbocycles. The molecular formula is C15H19FN2O2S. The number of hydrogen-bond donors (Lipinski definition) is 2. The lowest BCUT2D eigenvalue weighted by Crippen LogP contribution is -2.41.